The van der Waals surface area contributed by atoms with Gasteiger partial charge in [0.05, 0.1) is 0 Å². The van der Waals surface area contributed by atoms with E-state index in [1.807, 2.05) is 19.9 Å². The molecule has 0 aliphatic carbocycles. The van der Waals surface area contributed by atoms with E-state index in [9.17, 15) is 4.79 Å². The number of carbonyl (C=O) groups excluding carboxylic acids is 1. The molecule has 70 valence electrons. The van der Waals surface area contributed by atoms with Gasteiger partial charge in [-0.15, -0.1) is 0 Å². The number of ketones is 1. The summed E-state index contributed by atoms with van der Waals surface area (Å²) in [6.07, 6.45) is 2.46. The second-order valence-electron chi connectivity index (χ2n) is 3.25. The van der Waals surface area contributed by atoms with Crippen molar-refractivity contribution in [3.63, 3.8) is 0 Å². The van der Waals surface area contributed by atoms with Crippen LogP contribution in [-0.4, -0.2) is 18.4 Å². The molecule has 0 saturated heterocycles. The number of allylic oxidation sites excluding steroid dienone is 2. The van der Waals surface area contributed by atoms with E-state index in [0.717, 1.165) is 12.1 Å². The zero-order valence-corrected chi connectivity index (χ0v) is 8.48. The Kier molecular flexibility index (Phi) is 5.64. The number of hydrogen-bond donors (Lipinski definition) is 1. The first-order valence-corrected chi connectivity index (χ1v) is 4.47. The quantitative estimate of drug-likeness (QED) is 0.637. The Hall–Kier alpha value is -0.630. The van der Waals surface area contributed by atoms with Crippen LogP contribution >= 0.6 is 0 Å². The van der Waals surface area contributed by atoms with E-state index >= 15 is 0 Å². The summed E-state index contributed by atoms with van der Waals surface area (Å²) in [5.74, 6) is 0.241. The lowest BCUT2D eigenvalue weighted by Gasteiger charge is -2.06. The van der Waals surface area contributed by atoms with Crippen LogP contribution in [0.5, 0.6) is 0 Å². The Morgan fingerprint density at radius 1 is 1.50 bits per heavy atom. The monoisotopic (exact) mass is 169 g/mol. The zero-order valence-electron chi connectivity index (χ0n) is 8.48. The average Bonchev–Trinajstić information content (AvgIpc) is 2.02. The van der Waals surface area contributed by atoms with Gasteiger partial charge in [-0.2, -0.15) is 0 Å². The average molecular weight is 169 g/mol. The molecule has 0 bridgehead atoms. The third-order valence-electron chi connectivity index (χ3n) is 1.78. The van der Waals surface area contributed by atoms with Crippen LogP contribution in [0.3, 0.4) is 0 Å². The fraction of sp³-hybridized carbons (Fsp3) is 0.700. The van der Waals surface area contributed by atoms with Crippen LogP contribution in [0.15, 0.2) is 11.6 Å². The molecule has 0 heterocycles. The van der Waals surface area contributed by atoms with Gasteiger partial charge in [0, 0.05) is 19.0 Å². The molecular weight excluding hydrogens is 150 g/mol. The summed E-state index contributed by atoms with van der Waals surface area (Å²) in [7, 11) is 0. The van der Waals surface area contributed by atoms with Crippen molar-refractivity contribution in [1.29, 1.82) is 0 Å². The highest BCUT2D eigenvalue weighted by molar-refractivity contribution is 5.94. The van der Waals surface area contributed by atoms with Crippen LogP contribution in [0.4, 0.5) is 0 Å². The van der Waals surface area contributed by atoms with E-state index in [1.165, 1.54) is 0 Å². The van der Waals surface area contributed by atoms with Crippen molar-refractivity contribution in [2.75, 3.05) is 6.54 Å². The van der Waals surface area contributed by atoms with Gasteiger partial charge in [-0.3, -0.25) is 4.79 Å². The Morgan fingerprint density at radius 3 is 2.50 bits per heavy atom. The van der Waals surface area contributed by atoms with Gasteiger partial charge in [0.15, 0.2) is 5.78 Å². The molecule has 0 aliphatic rings. The molecule has 0 aromatic carbocycles. The lowest BCUT2D eigenvalue weighted by molar-refractivity contribution is -0.115. The molecule has 0 radical (unpaired) electrons. The fourth-order valence-corrected chi connectivity index (χ4v) is 0.833. The maximum Gasteiger partial charge on any atom is 0.159 e. The minimum absolute atomic E-state index is 0.241. The first-order valence-electron chi connectivity index (χ1n) is 4.47. The first kappa shape index (κ1) is 11.4. The number of nitrogens with one attached hydrogen (secondary N) is 1. The van der Waals surface area contributed by atoms with Gasteiger partial charge in [-0.1, -0.05) is 19.9 Å². The Morgan fingerprint density at radius 2 is 2.08 bits per heavy atom. The van der Waals surface area contributed by atoms with Crippen molar-refractivity contribution < 1.29 is 4.79 Å². The molecule has 12 heavy (non-hydrogen) atoms. The first-order chi connectivity index (χ1) is 5.57. The Balaban J connectivity index is 3.58. The maximum absolute atomic E-state index is 11.2. The summed E-state index contributed by atoms with van der Waals surface area (Å²) < 4.78 is 0. The highest BCUT2D eigenvalue weighted by Gasteiger charge is 2.02. The van der Waals surface area contributed by atoms with Crippen LogP contribution in [0.1, 0.15) is 34.1 Å². The van der Waals surface area contributed by atoms with Gasteiger partial charge in [-0.25, -0.2) is 0 Å². The minimum Gasteiger partial charge on any atom is -0.314 e. The summed E-state index contributed by atoms with van der Waals surface area (Å²) in [6.45, 7) is 8.68. The van der Waals surface area contributed by atoms with Gasteiger partial charge in [0.2, 0.25) is 0 Å². The Bertz CT molecular complexity index is 171. The van der Waals surface area contributed by atoms with Gasteiger partial charge in [-0.05, 0) is 19.4 Å². The van der Waals surface area contributed by atoms with E-state index in [2.05, 4.69) is 19.2 Å². The maximum atomic E-state index is 11.2. The molecule has 1 N–H and O–H groups in total. The summed E-state index contributed by atoms with van der Waals surface area (Å²) in [4.78, 5) is 11.2. The standard InChI is InChI=1S/C10H19NO/c1-5-9(4)10(12)6-7-11-8(2)3/h5,8,11H,6-7H2,1-4H3/b9-5-. The molecule has 0 spiro atoms. The highest BCUT2D eigenvalue weighted by Crippen LogP contribution is 1.97. The summed E-state index contributed by atoms with van der Waals surface area (Å²) in [5, 5.41) is 3.21. The van der Waals surface area contributed by atoms with Crippen molar-refractivity contribution in [3.05, 3.63) is 11.6 Å². The van der Waals surface area contributed by atoms with Crippen molar-refractivity contribution >= 4 is 5.78 Å². The lowest BCUT2D eigenvalue weighted by Crippen LogP contribution is -2.25. The molecule has 0 atom stereocenters. The number of carbonyl (C=O) groups is 1. The van der Waals surface area contributed by atoms with Crippen LogP contribution in [0, 0.1) is 0 Å². The molecule has 0 fully saturated rings. The fourth-order valence-electron chi connectivity index (χ4n) is 0.833. The molecular formula is C10H19NO. The third-order valence-corrected chi connectivity index (χ3v) is 1.78. The van der Waals surface area contributed by atoms with Crippen molar-refractivity contribution in [2.45, 2.75) is 40.2 Å². The largest absolute Gasteiger partial charge is 0.314 e. The van der Waals surface area contributed by atoms with E-state index in [4.69, 9.17) is 0 Å². The topological polar surface area (TPSA) is 29.1 Å². The van der Waals surface area contributed by atoms with Crippen LogP contribution in [0.25, 0.3) is 0 Å². The van der Waals surface area contributed by atoms with E-state index in [0.29, 0.717) is 12.5 Å². The smallest absolute Gasteiger partial charge is 0.159 e. The molecule has 0 saturated carbocycles. The predicted molar refractivity (Wildman–Crippen MR) is 52.2 cm³/mol. The molecule has 2 heteroatoms. The second-order valence-corrected chi connectivity index (χ2v) is 3.25. The molecule has 0 aliphatic heterocycles. The van der Waals surface area contributed by atoms with Gasteiger partial charge < -0.3 is 5.32 Å². The van der Waals surface area contributed by atoms with Crippen LogP contribution in [-0.2, 0) is 4.79 Å². The van der Waals surface area contributed by atoms with Gasteiger partial charge in [0.25, 0.3) is 0 Å². The SMILES string of the molecule is C/C=C(/C)C(=O)CCNC(C)C. The highest BCUT2D eigenvalue weighted by atomic mass is 16.1. The molecule has 2 nitrogen and oxygen atoms in total. The predicted octanol–water partition coefficient (Wildman–Crippen LogP) is 1.91. The summed E-state index contributed by atoms with van der Waals surface area (Å²) in [5.41, 5.74) is 0.862. The minimum atomic E-state index is 0.241. The van der Waals surface area contributed by atoms with Gasteiger partial charge in [0.1, 0.15) is 0 Å². The normalized spacial score (nSPS) is 12.2. The van der Waals surface area contributed by atoms with E-state index < -0.39 is 0 Å². The molecule has 0 aromatic rings. The zero-order chi connectivity index (χ0) is 9.56. The molecule has 0 aromatic heterocycles. The third kappa shape index (κ3) is 5.08. The van der Waals surface area contributed by atoms with Crippen LogP contribution < -0.4 is 5.32 Å². The lowest BCUT2D eigenvalue weighted by atomic mass is 10.1. The Labute approximate surface area is 75.0 Å². The van der Waals surface area contributed by atoms with Crippen molar-refractivity contribution in [2.24, 2.45) is 0 Å². The number of hydrogen-bond acceptors (Lipinski definition) is 2. The van der Waals surface area contributed by atoms with Crippen LogP contribution in [0.2, 0.25) is 0 Å². The number of rotatable bonds is 5. The van der Waals surface area contributed by atoms with E-state index in [1.54, 1.807) is 0 Å². The molecule has 0 unspecified atom stereocenters. The van der Waals surface area contributed by atoms with E-state index in [-0.39, 0.29) is 5.78 Å². The second kappa shape index (κ2) is 5.95. The van der Waals surface area contributed by atoms with Crippen molar-refractivity contribution in [1.82, 2.24) is 5.32 Å². The van der Waals surface area contributed by atoms with Gasteiger partial charge >= 0.3 is 0 Å². The van der Waals surface area contributed by atoms with Crippen molar-refractivity contribution in [3.8, 4) is 0 Å². The summed E-state index contributed by atoms with van der Waals surface area (Å²) in [6, 6.07) is 0.462. The number of Topliss-reactive ketones (excluding diaryl/α,β-unsaturated/α-hetero) is 1. The molecule has 0 amide bonds. The summed E-state index contributed by atoms with van der Waals surface area (Å²) >= 11 is 0. The molecule has 0 rings (SSSR count).